The van der Waals surface area contributed by atoms with E-state index in [9.17, 15) is 19.2 Å². The van der Waals surface area contributed by atoms with Crippen LogP contribution >= 0.6 is 0 Å². The molecular formula is C26H54N8O4. The van der Waals surface area contributed by atoms with Crippen molar-refractivity contribution in [3.8, 4) is 0 Å². The minimum Gasteiger partial charge on any atom is -0.356 e. The molecule has 0 spiro atoms. The molecule has 2 unspecified atom stereocenters. The average Bonchev–Trinajstić information content (AvgIpc) is 2.91. The Hall–Kier alpha value is -2.28. The number of carbonyl (C=O) groups excluding carboxylic acids is 4. The van der Waals surface area contributed by atoms with E-state index in [2.05, 4.69) is 21.3 Å². The lowest BCUT2D eigenvalue weighted by Gasteiger charge is -2.11. The molecule has 0 bridgehead atoms. The van der Waals surface area contributed by atoms with E-state index in [-0.39, 0.29) is 36.5 Å². The van der Waals surface area contributed by atoms with E-state index in [1.807, 2.05) is 0 Å². The second-order valence-corrected chi connectivity index (χ2v) is 9.69. The average molecular weight is 543 g/mol. The molecule has 38 heavy (non-hydrogen) atoms. The maximum Gasteiger partial charge on any atom is 0.236 e. The molecule has 0 rings (SSSR count). The summed E-state index contributed by atoms with van der Waals surface area (Å²) in [4.78, 5) is 47.4. The summed E-state index contributed by atoms with van der Waals surface area (Å²) in [5.41, 5.74) is 22.4. The van der Waals surface area contributed by atoms with Gasteiger partial charge in [0.1, 0.15) is 0 Å². The molecule has 0 radical (unpaired) electrons. The van der Waals surface area contributed by atoms with Gasteiger partial charge in [-0.2, -0.15) is 0 Å². The summed E-state index contributed by atoms with van der Waals surface area (Å²) in [7, 11) is 0. The number of carbonyl (C=O) groups is 4. The molecule has 0 aliphatic rings. The summed E-state index contributed by atoms with van der Waals surface area (Å²) in [6.45, 7) is 3.42. The van der Waals surface area contributed by atoms with Crippen molar-refractivity contribution in [2.75, 3.05) is 39.3 Å². The molecule has 0 aromatic rings. The summed E-state index contributed by atoms with van der Waals surface area (Å²) in [6, 6.07) is -0.990. The lowest BCUT2D eigenvalue weighted by molar-refractivity contribution is -0.126. The number of unbranched alkanes of at least 4 members (excludes halogenated alkanes) is 6. The Morgan fingerprint density at radius 1 is 0.474 bits per heavy atom. The summed E-state index contributed by atoms with van der Waals surface area (Å²) < 4.78 is 0. The topological polar surface area (TPSA) is 220 Å². The maximum atomic E-state index is 11.9. The molecule has 4 amide bonds. The fraction of sp³-hybridized carbons (Fsp3) is 0.846. The van der Waals surface area contributed by atoms with Crippen LogP contribution in [0.2, 0.25) is 0 Å². The highest BCUT2D eigenvalue weighted by molar-refractivity contribution is 5.83. The van der Waals surface area contributed by atoms with E-state index < -0.39 is 12.1 Å². The third kappa shape index (κ3) is 21.8. The first-order chi connectivity index (χ1) is 18.3. The van der Waals surface area contributed by atoms with E-state index in [1.54, 1.807) is 0 Å². The molecule has 2 atom stereocenters. The molecule has 0 aromatic heterocycles. The predicted octanol–water partition coefficient (Wildman–Crippen LogP) is -0.515. The minimum atomic E-state index is -0.495. The number of rotatable bonds is 25. The van der Waals surface area contributed by atoms with Crippen LogP contribution in [0.1, 0.15) is 89.9 Å². The second-order valence-electron chi connectivity index (χ2n) is 9.69. The summed E-state index contributed by atoms with van der Waals surface area (Å²) in [5.74, 6) is -0.506. The largest absolute Gasteiger partial charge is 0.356 e. The standard InChI is InChI=1S/C26H54N8O4/c27-15-9-11-21(29)25(37)33-19-7-3-1-5-17-31-23(35)13-14-24(36)32-18-6-2-4-8-20-34-26(38)22(30)12-10-16-28/h21-22H,1-20,27-30H2,(H,31,35)(H,32,36)(H,33,37)(H,34,38). The van der Waals surface area contributed by atoms with Gasteiger partial charge in [0.25, 0.3) is 0 Å². The van der Waals surface area contributed by atoms with E-state index in [1.165, 1.54) is 0 Å². The Morgan fingerprint density at radius 2 is 0.789 bits per heavy atom. The molecule has 0 heterocycles. The number of amides is 4. The first-order valence-corrected chi connectivity index (χ1v) is 14.3. The first-order valence-electron chi connectivity index (χ1n) is 14.3. The van der Waals surface area contributed by atoms with Gasteiger partial charge in [0.05, 0.1) is 12.1 Å². The third-order valence-corrected chi connectivity index (χ3v) is 6.14. The lowest BCUT2D eigenvalue weighted by atomic mass is 10.1. The number of nitrogens with one attached hydrogen (secondary N) is 4. The third-order valence-electron chi connectivity index (χ3n) is 6.14. The zero-order chi connectivity index (χ0) is 28.4. The highest BCUT2D eigenvalue weighted by Crippen LogP contribution is 2.01. The maximum absolute atomic E-state index is 11.9. The van der Waals surface area contributed by atoms with Crippen LogP contribution in [-0.4, -0.2) is 75.0 Å². The van der Waals surface area contributed by atoms with Gasteiger partial charge in [-0.1, -0.05) is 25.7 Å². The Balaban J connectivity index is 3.52. The molecular weight excluding hydrogens is 488 g/mol. The quantitative estimate of drug-likeness (QED) is 0.0700. The molecule has 0 aliphatic carbocycles. The monoisotopic (exact) mass is 542 g/mol. The van der Waals surface area contributed by atoms with Crippen molar-refractivity contribution in [3.63, 3.8) is 0 Å². The Morgan fingerprint density at radius 3 is 1.11 bits per heavy atom. The van der Waals surface area contributed by atoms with E-state index in [0.29, 0.717) is 52.1 Å². The second kappa shape index (κ2) is 25.0. The smallest absolute Gasteiger partial charge is 0.236 e. The van der Waals surface area contributed by atoms with Gasteiger partial charge >= 0.3 is 0 Å². The van der Waals surface area contributed by atoms with Crippen molar-refractivity contribution in [1.82, 2.24) is 21.3 Å². The van der Waals surface area contributed by atoms with Crippen LogP contribution in [0.25, 0.3) is 0 Å². The van der Waals surface area contributed by atoms with Crippen molar-refractivity contribution in [3.05, 3.63) is 0 Å². The molecule has 0 saturated heterocycles. The van der Waals surface area contributed by atoms with Crippen LogP contribution in [0, 0.1) is 0 Å². The SMILES string of the molecule is NCCCC(N)C(=O)NCCCCCCNC(=O)CCC(=O)NCCCCCCNC(=O)C(N)CCCN. The van der Waals surface area contributed by atoms with Crippen molar-refractivity contribution in [1.29, 1.82) is 0 Å². The van der Waals surface area contributed by atoms with Crippen LogP contribution in [0.3, 0.4) is 0 Å². The van der Waals surface area contributed by atoms with Gasteiger partial charge in [-0.05, 0) is 64.5 Å². The number of hydrogen-bond acceptors (Lipinski definition) is 8. The Bertz CT molecular complexity index is 597. The van der Waals surface area contributed by atoms with E-state index in [4.69, 9.17) is 22.9 Å². The molecule has 0 aliphatic heterocycles. The highest BCUT2D eigenvalue weighted by Gasteiger charge is 2.12. The van der Waals surface area contributed by atoms with Gasteiger partial charge in [-0.3, -0.25) is 19.2 Å². The zero-order valence-corrected chi connectivity index (χ0v) is 23.2. The van der Waals surface area contributed by atoms with Gasteiger partial charge in [0.15, 0.2) is 0 Å². The lowest BCUT2D eigenvalue weighted by Crippen LogP contribution is -2.41. The first kappa shape index (κ1) is 35.7. The van der Waals surface area contributed by atoms with Crippen LogP contribution < -0.4 is 44.2 Å². The van der Waals surface area contributed by atoms with Gasteiger partial charge in [0.2, 0.25) is 23.6 Å². The van der Waals surface area contributed by atoms with Crippen molar-refractivity contribution in [2.24, 2.45) is 22.9 Å². The van der Waals surface area contributed by atoms with Crippen molar-refractivity contribution in [2.45, 2.75) is 102 Å². The molecule has 12 N–H and O–H groups in total. The zero-order valence-electron chi connectivity index (χ0n) is 23.2. The van der Waals surface area contributed by atoms with Crippen LogP contribution in [0.5, 0.6) is 0 Å². The molecule has 0 fully saturated rings. The number of hydrogen-bond donors (Lipinski definition) is 8. The molecule has 0 saturated carbocycles. The van der Waals surface area contributed by atoms with Crippen molar-refractivity contribution < 1.29 is 19.2 Å². The van der Waals surface area contributed by atoms with Crippen molar-refractivity contribution >= 4 is 23.6 Å². The fourth-order valence-corrected chi connectivity index (χ4v) is 3.69. The van der Waals surface area contributed by atoms with E-state index in [0.717, 1.165) is 64.2 Å². The minimum absolute atomic E-state index is 0.122. The van der Waals surface area contributed by atoms with E-state index >= 15 is 0 Å². The van der Waals surface area contributed by atoms with Gasteiger partial charge in [-0.15, -0.1) is 0 Å². The van der Waals surface area contributed by atoms with Crippen LogP contribution in [0.15, 0.2) is 0 Å². The van der Waals surface area contributed by atoms with Crippen LogP contribution in [-0.2, 0) is 19.2 Å². The highest BCUT2D eigenvalue weighted by atomic mass is 16.2. The fourth-order valence-electron chi connectivity index (χ4n) is 3.69. The summed E-state index contributed by atoms with van der Waals surface area (Å²) >= 11 is 0. The van der Waals surface area contributed by atoms with Crippen LogP contribution in [0.4, 0.5) is 0 Å². The van der Waals surface area contributed by atoms with Gasteiger partial charge in [0, 0.05) is 39.0 Å². The Labute approximate surface area is 228 Å². The van der Waals surface area contributed by atoms with Gasteiger partial charge < -0.3 is 44.2 Å². The summed E-state index contributed by atoms with van der Waals surface area (Å²) in [6.07, 6.45) is 10.3. The molecule has 12 heteroatoms. The normalized spacial score (nSPS) is 12.4. The predicted molar refractivity (Wildman–Crippen MR) is 151 cm³/mol. The summed E-state index contributed by atoms with van der Waals surface area (Å²) in [5, 5.41) is 11.4. The Kier molecular flexibility index (Phi) is 23.5. The number of nitrogens with two attached hydrogens (primary N) is 4. The van der Waals surface area contributed by atoms with Gasteiger partial charge in [-0.25, -0.2) is 0 Å². The molecule has 222 valence electrons. The molecule has 0 aromatic carbocycles. The molecule has 12 nitrogen and oxygen atoms in total.